The SMILES string of the molecule is CC(C)N(Cc1cnc(S(=O)(=O)Cc2ccc(F)cc2)n1Cc1ccccc1)C(=O)c1cccc(Cl)c1. The Morgan fingerprint density at radius 2 is 1.70 bits per heavy atom. The number of nitrogens with zero attached hydrogens (tertiary/aromatic N) is 3. The zero-order valence-corrected chi connectivity index (χ0v) is 22.1. The fraction of sp³-hybridized carbons (Fsp3) is 0.214. The Labute approximate surface area is 221 Å². The van der Waals surface area contributed by atoms with Crippen molar-refractivity contribution >= 4 is 27.3 Å². The molecule has 0 atom stereocenters. The molecule has 0 spiro atoms. The molecule has 4 aromatic rings. The van der Waals surface area contributed by atoms with Gasteiger partial charge in [0.05, 0.1) is 30.7 Å². The summed E-state index contributed by atoms with van der Waals surface area (Å²) in [4.78, 5) is 19.3. The lowest BCUT2D eigenvalue weighted by atomic mass is 10.1. The molecule has 0 aliphatic heterocycles. The number of hydrogen-bond donors (Lipinski definition) is 0. The van der Waals surface area contributed by atoms with Gasteiger partial charge in [0.1, 0.15) is 5.82 Å². The lowest BCUT2D eigenvalue weighted by Crippen LogP contribution is -2.37. The molecule has 192 valence electrons. The largest absolute Gasteiger partial charge is 0.330 e. The van der Waals surface area contributed by atoms with E-state index in [0.29, 0.717) is 21.8 Å². The Balaban J connectivity index is 1.72. The van der Waals surface area contributed by atoms with E-state index < -0.39 is 15.7 Å². The third-order valence-corrected chi connectivity index (χ3v) is 7.75. The highest BCUT2D eigenvalue weighted by molar-refractivity contribution is 7.90. The van der Waals surface area contributed by atoms with E-state index in [-0.39, 0.29) is 35.9 Å². The molecule has 1 aromatic heterocycles. The first kappa shape index (κ1) is 26.6. The van der Waals surface area contributed by atoms with Gasteiger partial charge in [0.2, 0.25) is 15.0 Å². The average Bonchev–Trinajstić information content (AvgIpc) is 3.27. The van der Waals surface area contributed by atoms with Crippen LogP contribution in [0.4, 0.5) is 4.39 Å². The monoisotopic (exact) mass is 539 g/mol. The van der Waals surface area contributed by atoms with Gasteiger partial charge in [-0.3, -0.25) is 4.79 Å². The second-order valence-corrected chi connectivity index (χ2v) is 11.3. The molecule has 0 N–H and O–H groups in total. The first-order chi connectivity index (χ1) is 17.6. The van der Waals surface area contributed by atoms with Crippen LogP contribution in [0.2, 0.25) is 5.02 Å². The molecule has 0 aliphatic rings. The first-order valence-corrected chi connectivity index (χ1v) is 13.8. The second kappa shape index (κ2) is 11.3. The van der Waals surface area contributed by atoms with Gasteiger partial charge in [-0.25, -0.2) is 17.8 Å². The van der Waals surface area contributed by atoms with Crippen LogP contribution in [0.25, 0.3) is 0 Å². The summed E-state index contributed by atoms with van der Waals surface area (Å²) < 4.78 is 41.9. The number of sulfone groups is 1. The molecular weight excluding hydrogens is 513 g/mol. The van der Waals surface area contributed by atoms with E-state index in [1.807, 2.05) is 44.2 Å². The maximum absolute atomic E-state index is 13.5. The summed E-state index contributed by atoms with van der Waals surface area (Å²) >= 11 is 6.11. The summed E-state index contributed by atoms with van der Waals surface area (Å²) in [6.45, 7) is 4.19. The van der Waals surface area contributed by atoms with E-state index in [2.05, 4.69) is 4.98 Å². The summed E-state index contributed by atoms with van der Waals surface area (Å²) in [6, 6.07) is 21.3. The number of hydrogen-bond acceptors (Lipinski definition) is 4. The molecule has 37 heavy (non-hydrogen) atoms. The zero-order valence-electron chi connectivity index (χ0n) is 20.5. The van der Waals surface area contributed by atoms with Gasteiger partial charge in [0, 0.05) is 16.6 Å². The van der Waals surface area contributed by atoms with Crippen LogP contribution in [0.1, 0.15) is 41.0 Å². The third-order valence-electron chi connectivity index (χ3n) is 5.92. The predicted molar refractivity (Wildman–Crippen MR) is 142 cm³/mol. The normalized spacial score (nSPS) is 11.6. The molecule has 1 amide bonds. The van der Waals surface area contributed by atoms with Crippen LogP contribution >= 0.6 is 11.6 Å². The second-order valence-electron chi connectivity index (χ2n) is 9.03. The van der Waals surface area contributed by atoms with Gasteiger partial charge in [0.25, 0.3) is 5.91 Å². The number of amides is 1. The first-order valence-electron chi connectivity index (χ1n) is 11.8. The van der Waals surface area contributed by atoms with E-state index >= 15 is 0 Å². The standard InChI is InChI=1S/C28H27ClFN3O3S/c1-20(2)32(27(34)23-9-6-10-24(29)15-23)18-26-16-31-28(33(26)17-21-7-4-3-5-8-21)37(35,36)19-22-11-13-25(30)14-12-22/h3-16,20H,17-19H2,1-2H3. The number of carbonyl (C=O) groups excluding carboxylic acids is 1. The van der Waals surface area contributed by atoms with Crippen molar-refractivity contribution in [2.75, 3.05) is 0 Å². The third kappa shape index (κ3) is 6.45. The quantitative estimate of drug-likeness (QED) is 0.271. The Morgan fingerprint density at radius 1 is 1.00 bits per heavy atom. The van der Waals surface area contributed by atoms with Crippen molar-refractivity contribution < 1.29 is 17.6 Å². The Morgan fingerprint density at radius 3 is 2.35 bits per heavy atom. The lowest BCUT2D eigenvalue weighted by molar-refractivity contribution is 0.0685. The van der Waals surface area contributed by atoms with E-state index in [1.54, 1.807) is 33.7 Å². The predicted octanol–water partition coefficient (Wildman–Crippen LogP) is 5.75. The van der Waals surface area contributed by atoms with Crippen molar-refractivity contribution in [3.63, 3.8) is 0 Å². The van der Waals surface area contributed by atoms with Gasteiger partial charge in [-0.1, -0.05) is 60.1 Å². The van der Waals surface area contributed by atoms with Crippen molar-refractivity contribution in [2.24, 2.45) is 0 Å². The number of benzene rings is 3. The van der Waals surface area contributed by atoms with Gasteiger partial charge in [0.15, 0.2) is 0 Å². The smallest absolute Gasteiger partial charge is 0.254 e. The van der Waals surface area contributed by atoms with Gasteiger partial charge in [-0.15, -0.1) is 0 Å². The average molecular weight is 540 g/mol. The van der Waals surface area contributed by atoms with Crippen molar-refractivity contribution in [2.45, 2.75) is 43.9 Å². The van der Waals surface area contributed by atoms with Crippen LogP contribution in [0.3, 0.4) is 0 Å². The Hall–Kier alpha value is -3.49. The van der Waals surface area contributed by atoms with Crippen LogP contribution in [0.15, 0.2) is 90.2 Å². The summed E-state index contributed by atoms with van der Waals surface area (Å²) in [6.07, 6.45) is 1.50. The Kier molecular flexibility index (Phi) is 8.10. The van der Waals surface area contributed by atoms with Crippen molar-refractivity contribution in [3.05, 3.63) is 118 Å². The molecule has 6 nitrogen and oxygen atoms in total. The van der Waals surface area contributed by atoms with E-state index in [0.717, 1.165) is 5.56 Å². The highest BCUT2D eigenvalue weighted by Gasteiger charge is 2.27. The molecule has 1 heterocycles. The topological polar surface area (TPSA) is 72.3 Å². The molecule has 3 aromatic carbocycles. The zero-order chi connectivity index (χ0) is 26.6. The van der Waals surface area contributed by atoms with Crippen molar-refractivity contribution in [3.8, 4) is 0 Å². The molecule has 0 bridgehead atoms. The van der Waals surface area contributed by atoms with Gasteiger partial charge in [-0.05, 0) is 55.3 Å². The fourth-order valence-corrected chi connectivity index (χ4v) is 5.70. The van der Waals surface area contributed by atoms with Crippen LogP contribution in [-0.4, -0.2) is 34.8 Å². The van der Waals surface area contributed by atoms with E-state index in [9.17, 15) is 17.6 Å². The molecule has 4 rings (SSSR count). The van der Waals surface area contributed by atoms with Crippen molar-refractivity contribution in [1.29, 1.82) is 0 Å². The molecule has 9 heteroatoms. The van der Waals surface area contributed by atoms with E-state index in [4.69, 9.17) is 11.6 Å². The fourth-order valence-electron chi connectivity index (χ4n) is 4.02. The number of rotatable bonds is 9. The summed E-state index contributed by atoms with van der Waals surface area (Å²) in [5.41, 5.74) is 2.36. The number of aromatic nitrogens is 2. The number of imidazole rings is 1. The minimum atomic E-state index is -3.88. The van der Waals surface area contributed by atoms with Gasteiger partial charge in [-0.2, -0.15) is 0 Å². The molecule has 0 saturated carbocycles. The molecule has 0 radical (unpaired) electrons. The minimum Gasteiger partial charge on any atom is -0.330 e. The van der Waals surface area contributed by atoms with Gasteiger partial charge >= 0.3 is 0 Å². The summed E-state index contributed by atoms with van der Waals surface area (Å²) in [5.74, 6) is -0.985. The van der Waals surface area contributed by atoms with Crippen molar-refractivity contribution in [1.82, 2.24) is 14.5 Å². The summed E-state index contributed by atoms with van der Waals surface area (Å²) in [7, 11) is -3.88. The minimum absolute atomic E-state index is 0.102. The van der Waals surface area contributed by atoms with Crippen LogP contribution in [0.5, 0.6) is 0 Å². The van der Waals surface area contributed by atoms with Crippen LogP contribution in [-0.2, 0) is 28.7 Å². The maximum Gasteiger partial charge on any atom is 0.254 e. The van der Waals surface area contributed by atoms with Crippen LogP contribution < -0.4 is 0 Å². The highest BCUT2D eigenvalue weighted by Crippen LogP contribution is 2.23. The maximum atomic E-state index is 13.5. The lowest BCUT2D eigenvalue weighted by Gasteiger charge is -2.27. The highest BCUT2D eigenvalue weighted by atomic mass is 35.5. The summed E-state index contributed by atoms with van der Waals surface area (Å²) in [5, 5.41) is 0.354. The van der Waals surface area contributed by atoms with E-state index in [1.165, 1.54) is 30.5 Å². The van der Waals surface area contributed by atoms with Crippen LogP contribution in [0, 0.1) is 5.82 Å². The molecule has 0 fully saturated rings. The Bertz CT molecular complexity index is 1490. The number of carbonyl (C=O) groups is 1. The molecular formula is C28H27ClFN3O3S. The molecule has 0 saturated heterocycles. The molecule has 0 unspecified atom stereocenters. The van der Waals surface area contributed by atoms with Gasteiger partial charge < -0.3 is 9.47 Å². The molecule has 0 aliphatic carbocycles. The number of halogens is 2.